The van der Waals surface area contributed by atoms with Crippen LogP contribution in [0.25, 0.3) is 0 Å². The normalized spacial score (nSPS) is 19.4. The number of aromatic nitrogens is 1. The Morgan fingerprint density at radius 3 is 2.94 bits per heavy atom. The smallest absolute Gasteiger partial charge is 0.287 e. The molecule has 0 radical (unpaired) electrons. The van der Waals surface area contributed by atoms with Crippen LogP contribution in [0.4, 0.5) is 11.5 Å². The lowest BCUT2D eigenvalue weighted by molar-refractivity contribution is -0.385. The third-order valence-corrected chi connectivity index (χ3v) is 2.77. The van der Waals surface area contributed by atoms with Crippen molar-refractivity contribution in [3.8, 4) is 0 Å². The molecule has 1 aromatic rings. The molecule has 1 unspecified atom stereocenters. The van der Waals surface area contributed by atoms with E-state index in [1.807, 2.05) is 17.1 Å². The van der Waals surface area contributed by atoms with E-state index in [-0.39, 0.29) is 18.3 Å². The number of hydrogen-bond acceptors (Lipinski definition) is 5. The minimum atomic E-state index is -0.476. The van der Waals surface area contributed by atoms with Gasteiger partial charge in [-0.25, -0.2) is 4.98 Å². The molecule has 0 bridgehead atoms. The molecule has 0 saturated carbocycles. The van der Waals surface area contributed by atoms with Crippen molar-refractivity contribution in [3.05, 3.63) is 40.6 Å². The third kappa shape index (κ3) is 2.42. The second kappa shape index (κ2) is 4.92. The van der Waals surface area contributed by atoms with Gasteiger partial charge >= 0.3 is 0 Å². The van der Waals surface area contributed by atoms with Crippen LogP contribution in [-0.4, -0.2) is 34.2 Å². The monoisotopic (exact) mass is 235 g/mol. The maximum absolute atomic E-state index is 10.5. The van der Waals surface area contributed by atoms with Crippen LogP contribution in [0.1, 0.15) is 6.42 Å². The zero-order chi connectivity index (χ0) is 12.3. The van der Waals surface area contributed by atoms with E-state index in [2.05, 4.69) is 4.98 Å². The highest BCUT2D eigenvalue weighted by Gasteiger charge is 2.20. The molecule has 1 aliphatic rings. The molecule has 0 fully saturated rings. The van der Waals surface area contributed by atoms with Gasteiger partial charge in [0.15, 0.2) is 0 Å². The molecule has 17 heavy (non-hydrogen) atoms. The molecular formula is C11H13N3O3. The Balaban J connectivity index is 2.21. The van der Waals surface area contributed by atoms with Gasteiger partial charge < -0.3 is 10.0 Å². The molecule has 90 valence electrons. The van der Waals surface area contributed by atoms with Crippen LogP contribution in [0.15, 0.2) is 30.5 Å². The zero-order valence-electron chi connectivity index (χ0n) is 9.19. The lowest BCUT2D eigenvalue weighted by Crippen LogP contribution is -2.40. The minimum absolute atomic E-state index is 0.00560. The number of hydrogen-bond donors (Lipinski definition) is 1. The van der Waals surface area contributed by atoms with Gasteiger partial charge in [0, 0.05) is 12.6 Å². The topological polar surface area (TPSA) is 79.5 Å². The fraction of sp³-hybridized carbons (Fsp3) is 0.364. The van der Waals surface area contributed by atoms with Gasteiger partial charge in [-0.1, -0.05) is 12.2 Å². The highest BCUT2D eigenvalue weighted by Crippen LogP contribution is 2.21. The largest absolute Gasteiger partial charge is 0.394 e. The molecule has 1 aromatic heterocycles. The van der Waals surface area contributed by atoms with E-state index in [0.717, 1.165) is 6.42 Å². The number of nitrogens with zero attached hydrogens (tertiary/aromatic N) is 3. The lowest BCUT2D eigenvalue weighted by Gasteiger charge is -2.32. The van der Waals surface area contributed by atoms with Gasteiger partial charge in [-0.05, 0) is 12.5 Å². The average molecular weight is 235 g/mol. The zero-order valence-corrected chi connectivity index (χ0v) is 9.19. The molecule has 0 aliphatic carbocycles. The van der Waals surface area contributed by atoms with Crippen molar-refractivity contribution in [2.75, 3.05) is 18.1 Å². The Kier molecular flexibility index (Phi) is 3.34. The van der Waals surface area contributed by atoms with Gasteiger partial charge in [0.25, 0.3) is 5.69 Å². The summed E-state index contributed by atoms with van der Waals surface area (Å²) in [6, 6.07) is 3.03. The molecule has 6 heteroatoms. The maximum Gasteiger partial charge on any atom is 0.287 e. The van der Waals surface area contributed by atoms with Crippen LogP contribution >= 0.6 is 0 Å². The second-order valence-electron chi connectivity index (χ2n) is 3.83. The first-order chi connectivity index (χ1) is 8.22. The van der Waals surface area contributed by atoms with E-state index >= 15 is 0 Å². The molecule has 0 saturated heterocycles. The van der Waals surface area contributed by atoms with Crippen LogP contribution < -0.4 is 4.90 Å². The number of aliphatic hydroxyl groups is 1. The van der Waals surface area contributed by atoms with Crippen molar-refractivity contribution in [1.82, 2.24) is 4.98 Å². The Morgan fingerprint density at radius 2 is 2.35 bits per heavy atom. The van der Waals surface area contributed by atoms with Crippen molar-refractivity contribution in [3.63, 3.8) is 0 Å². The van der Waals surface area contributed by atoms with Gasteiger partial charge in [0.2, 0.25) is 0 Å². The fourth-order valence-electron chi connectivity index (χ4n) is 1.83. The van der Waals surface area contributed by atoms with E-state index < -0.39 is 4.92 Å². The Hall–Kier alpha value is -1.95. The standard InChI is InChI=1S/C11H13N3O3/c15-8-10-3-1-2-6-13(10)11-5-4-9(7-12-11)14(16)17/h1-2,4-5,7,10,15H,3,6,8H2. The molecule has 1 N–H and O–H groups in total. The summed E-state index contributed by atoms with van der Waals surface area (Å²) >= 11 is 0. The maximum atomic E-state index is 10.5. The molecular weight excluding hydrogens is 222 g/mol. The van der Waals surface area contributed by atoms with Crippen LogP contribution in [0, 0.1) is 10.1 Å². The SMILES string of the molecule is O=[N+]([O-])c1ccc(N2CC=CCC2CO)nc1. The number of anilines is 1. The lowest BCUT2D eigenvalue weighted by atomic mass is 10.1. The highest BCUT2D eigenvalue weighted by atomic mass is 16.6. The summed E-state index contributed by atoms with van der Waals surface area (Å²) in [5, 5.41) is 19.8. The van der Waals surface area contributed by atoms with Crippen LogP contribution in [-0.2, 0) is 0 Å². The fourth-order valence-corrected chi connectivity index (χ4v) is 1.83. The predicted molar refractivity (Wildman–Crippen MR) is 62.9 cm³/mol. The quantitative estimate of drug-likeness (QED) is 0.482. The van der Waals surface area contributed by atoms with Crippen molar-refractivity contribution in [1.29, 1.82) is 0 Å². The summed E-state index contributed by atoms with van der Waals surface area (Å²) in [5.41, 5.74) is -0.0261. The predicted octanol–water partition coefficient (Wildman–Crippen LogP) is 1.12. The van der Waals surface area contributed by atoms with E-state index in [1.54, 1.807) is 6.07 Å². The number of aliphatic hydroxyl groups excluding tert-OH is 1. The van der Waals surface area contributed by atoms with Crippen molar-refractivity contribution >= 4 is 11.5 Å². The molecule has 0 spiro atoms. The average Bonchev–Trinajstić information content (AvgIpc) is 2.39. The van der Waals surface area contributed by atoms with Gasteiger partial charge in [0.05, 0.1) is 17.6 Å². The summed E-state index contributed by atoms with van der Waals surface area (Å²) in [7, 11) is 0. The van der Waals surface area contributed by atoms with Gasteiger partial charge in [-0.2, -0.15) is 0 Å². The summed E-state index contributed by atoms with van der Waals surface area (Å²) in [5.74, 6) is 0.652. The first-order valence-corrected chi connectivity index (χ1v) is 5.35. The van der Waals surface area contributed by atoms with Crippen molar-refractivity contribution in [2.45, 2.75) is 12.5 Å². The van der Waals surface area contributed by atoms with E-state index in [4.69, 9.17) is 0 Å². The minimum Gasteiger partial charge on any atom is -0.394 e. The van der Waals surface area contributed by atoms with Gasteiger partial charge in [0.1, 0.15) is 12.0 Å². The summed E-state index contributed by atoms with van der Waals surface area (Å²) in [6.07, 6.45) is 6.01. The molecule has 6 nitrogen and oxygen atoms in total. The Bertz CT molecular complexity index is 430. The van der Waals surface area contributed by atoms with Gasteiger partial charge in [-0.15, -0.1) is 0 Å². The van der Waals surface area contributed by atoms with Crippen LogP contribution in [0.3, 0.4) is 0 Å². The molecule has 0 amide bonds. The van der Waals surface area contributed by atoms with Crippen molar-refractivity contribution in [2.24, 2.45) is 0 Å². The summed E-state index contributed by atoms with van der Waals surface area (Å²) in [6.45, 7) is 0.707. The second-order valence-corrected chi connectivity index (χ2v) is 3.83. The first-order valence-electron chi connectivity index (χ1n) is 5.35. The summed E-state index contributed by atoms with van der Waals surface area (Å²) < 4.78 is 0. The Labute approximate surface area is 98.4 Å². The first kappa shape index (κ1) is 11.5. The third-order valence-electron chi connectivity index (χ3n) is 2.77. The molecule has 2 rings (SSSR count). The summed E-state index contributed by atoms with van der Waals surface area (Å²) in [4.78, 5) is 16.0. The van der Waals surface area contributed by atoms with Crippen molar-refractivity contribution < 1.29 is 10.0 Å². The number of pyridine rings is 1. The van der Waals surface area contributed by atoms with Crippen LogP contribution in [0.2, 0.25) is 0 Å². The molecule has 0 aromatic carbocycles. The van der Waals surface area contributed by atoms with Crippen LogP contribution in [0.5, 0.6) is 0 Å². The number of nitro groups is 1. The van der Waals surface area contributed by atoms with E-state index in [0.29, 0.717) is 12.4 Å². The number of rotatable bonds is 3. The molecule has 1 atom stereocenters. The molecule has 1 aliphatic heterocycles. The van der Waals surface area contributed by atoms with E-state index in [1.165, 1.54) is 12.3 Å². The van der Waals surface area contributed by atoms with Gasteiger partial charge in [-0.3, -0.25) is 10.1 Å². The highest BCUT2D eigenvalue weighted by molar-refractivity contribution is 5.45. The molecule has 2 heterocycles. The Morgan fingerprint density at radius 1 is 1.53 bits per heavy atom. The van der Waals surface area contributed by atoms with E-state index in [9.17, 15) is 15.2 Å².